The van der Waals surface area contributed by atoms with Gasteiger partial charge in [0.05, 0.1) is 18.2 Å². The van der Waals surface area contributed by atoms with Gasteiger partial charge >= 0.3 is 0 Å². The fourth-order valence-corrected chi connectivity index (χ4v) is 2.95. The summed E-state index contributed by atoms with van der Waals surface area (Å²) in [5.41, 5.74) is 1.82. The predicted octanol–water partition coefficient (Wildman–Crippen LogP) is 2.69. The van der Waals surface area contributed by atoms with Crippen molar-refractivity contribution in [1.82, 2.24) is 4.90 Å². The molecule has 1 aromatic carbocycles. The van der Waals surface area contributed by atoms with E-state index in [9.17, 15) is 5.11 Å². The molecule has 1 N–H and O–H groups in total. The quantitative estimate of drug-likeness (QED) is 0.883. The van der Waals surface area contributed by atoms with Crippen LogP contribution in [0.1, 0.15) is 43.2 Å². The van der Waals surface area contributed by atoms with E-state index < -0.39 is 0 Å². The summed E-state index contributed by atoms with van der Waals surface area (Å²) in [6, 6.07) is 10.6. The lowest BCUT2D eigenvalue weighted by Crippen LogP contribution is -2.38. The summed E-state index contributed by atoms with van der Waals surface area (Å²) < 4.78 is 0. The number of aliphatic hydroxyl groups excluding tert-OH is 1. The Morgan fingerprint density at radius 2 is 1.95 bits per heavy atom. The Bertz CT molecular complexity index is 433. The third-order valence-electron chi connectivity index (χ3n) is 3.99. The zero-order valence-electron chi connectivity index (χ0n) is 11.4. The molecular weight excluding hydrogens is 236 g/mol. The van der Waals surface area contributed by atoms with E-state index in [1.165, 1.54) is 32.1 Å². The lowest BCUT2D eigenvalue weighted by molar-refractivity contribution is 0.117. The molecule has 1 aliphatic rings. The van der Waals surface area contributed by atoms with Crippen molar-refractivity contribution < 1.29 is 5.11 Å². The zero-order valence-corrected chi connectivity index (χ0v) is 11.4. The molecule has 0 atom stereocenters. The fraction of sp³-hybridized carbons (Fsp3) is 0.562. The van der Waals surface area contributed by atoms with Crippen molar-refractivity contribution >= 4 is 0 Å². The highest BCUT2D eigenvalue weighted by Gasteiger charge is 2.21. The van der Waals surface area contributed by atoms with Crippen LogP contribution in [0.4, 0.5) is 0 Å². The fourth-order valence-electron chi connectivity index (χ4n) is 2.95. The van der Waals surface area contributed by atoms with E-state index in [-0.39, 0.29) is 6.61 Å². The Hall–Kier alpha value is -1.37. The van der Waals surface area contributed by atoms with Crippen LogP contribution in [0.15, 0.2) is 24.3 Å². The first-order valence-corrected chi connectivity index (χ1v) is 7.18. The molecule has 3 heteroatoms. The normalized spacial score (nSPS) is 16.5. The molecule has 1 aliphatic carbocycles. The van der Waals surface area contributed by atoms with E-state index in [2.05, 4.69) is 11.0 Å². The Morgan fingerprint density at radius 1 is 1.21 bits per heavy atom. The van der Waals surface area contributed by atoms with Crippen molar-refractivity contribution in [2.45, 2.75) is 44.7 Å². The molecule has 0 aromatic heterocycles. The number of nitriles is 1. The molecule has 0 saturated heterocycles. The second-order valence-corrected chi connectivity index (χ2v) is 5.25. The van der Waals surface area contributed by atoms with Crippen LogP contribution < -0.4 is 0 Å². The minimum atomic E-state index is 0.186. The number of hydrogen-bond acceptors (Lipinski definition) is 3. The maximum absolute atomic E-state index is 9.27. The minimum absolute atomic E-state index is 0.186. The van der Waals surface area contributed by atoms with Crippen LogP contribution in [0.3, 0.4) is 0 Å². The maximum Gasteiger partial charge on any atom is 0.0995 e. The summed E-state index contributed by atoms with van der Waals surface area (Å²) >= 11 is 0. The SMILES string of the molecule is N#Cc1ccccc1CN(CCO)C1CCCCC1. The molecule has 19 heavy (non-hydrogen) atoms. The van der Waals surface area contributed by atoms with Crippen molar-refractivity contribution in [3.8, 4) is 6.07 Å². The number of hydrogen-bond donors (Lipinski definition) is 1. The number of benzene rings is 1. The lowest BCUT2D eigenvalue weighted by atomic mass is 9.93. The molecule has 0 radical (unpaired) electrons. The number of aliphatic hydroxyl groups is 1. The average molecular weight is 258 g/mol. The van der Waals surface area contributed by atoms with Gasteiger partial charge in [0, 0.05) is 19.1 Å². The molecule has 3 nitrogen and oxygen atoms in total. The summed E-state index contributed by atoms with van der Waals surface area (Å²) in [5, 5.41) is 18.4. The monoisotopic (exact) mass is 258 g/mol. The van der Waals surface area contributed by atoms with Gasteiger partial charge in [0.2, 0.25) is 0 Å². The van der Waals surface area contributed by atoms with Crippen molar-refractivity contribution in [1.29, 1.82) is 5.26 Å². The molecule has 0 bridgehead atoms. The van der Waals surface area contributed by atoms with Crippen molar-refractivity contribution in [3.05, 3.63) is 35.4 Å². The first kappa shape index (κ1) is 14.0. The summed E-state index contributed by atoms with van der Waals surface area (Å²) in [6.45, 7) is 1.66. The minimum Gasteiger partial charge on any atom is -0.395 e. The molecule has 0 heterocycles. The second kappa shape index (κ2) is 7.28. The standard InChI is InChI=1S/C16H22N2O/c17-12-14-6-4-5-7-15(14)13-18(10-11-19)16-8-2-1-3-9-16/h4-7,16,19H,1-3,8-11,13H2. The molecule has 1 saturated carbocycles. The van der Waals surface area contributed by atoms with E-state index in [0.29, 0.717) is 12.6 Å². The van der Waals surface area contributed by atoms with Crippen LogP contribution in [-0.4, -0.2) is 29.2 Å². The maximum atomic E-state index is 9.27. The summed E-state index contributed by atoms with van der Waals surface area (Å²) in [4.78, 5) is 2.34. The van der Waals surface area contributed by atoms with Gasteiger partial charge in [0.25, 0.3) is 0 Å². The summed E-state index contributed by atoms with van der Waals surface area (Å²) in [6.07, 6.45) is 6.33. The second-order valence-electron chi connectivity index (χ2n) is 5.25. The van der Waals surface area contributed by atoms with E-state index in [1.54, 1.807) is 0 Å². The van der Waals surface area contributed by atoms with Crippen LogP contribution in [-0.2, 0) is 6.54 Å². The topological polar surface area (TPSA) is 47.3 Å². The molecule has 1 fully saturated rings. The van der Waals surface area contributed by atoms with Crippen LogP contribution in [0.25, 0.3) is 0 Å². The van der Waals surface area contributed by atoms with Gasteiger partial charge in [-0.3, -0.25) is 4.90 Å². The summed E-state index contributed by atoms with van der Waals surface area (Å²) in [5.74, 6) is 0. The molecular formula is C16H22N2O. The van der Waals surface area contributed by atoms with E-state index in [1.807, 2.05) is 24.3 Å². The molecule has 0 unspecified atom stereocenters. The van der Waals surface area contributed by atoms with Gasteiger partial charge in [-0.15, -0.1) is 0 Å². The highest BCUT2D eigenvalue weighted by molar-refractivity contribution is 5.37. The van der Waals surface area contributed by atoms with Crippen LogP contribution >= 0.6 is 0 Å². The molecule has 102 valence electrons. The number of rotatable bonds is 5. The van der Waals surface area contributed by atoms with Gasteiger partial charge in [-0.1, -0.05) is 37.5 Å². The zero-order chi connectivity index (χ0) is 13.5. The van der Waals surface area contributed by atoms with E-state index >= 15 is 0 Å². The predicted molar refractivity (Wildman–Crippen MR) is 75.5 cm³/mol. The van der Waals surface area contributed by atoms with Crippen LogP contribution in [0.2, 0.25) is 0 Å². The molecule has 0 spiro atoms. The number of nitrogens with zero attached hydrogens (tertiary/aromatic N) is 2. The largest absolute Gasteiger partial charge is 0.395 e. The molecule has 0 amide bonds. The summed E-state index contributed by atoms with van der Waals surface area (Å²) in [7, 11) is 0. The third-order valence-corrected chi connectivity index (χ3v) is 3.99. The van der Waals surface area contributed by atoms with Gasteiger partial charge in [-0.05, 0) is 24.5 Å². The van der Waals surface area contributed by atoms with Gasteiger partial charge < -0.3 is 5.11 Å². The molecule has 2 rings (SSSR count). The van der Waals surface area contributed by atoms with E-state index in [4.69, 9.17) is 5.26 Å². The van der Waals surface area contributed by atoms with Gasteiger partial charge in [0.15, 0.2) is 0 Å². The van der Waals surface area contributed by atoms with Crippen LogP contribution in [0.5, 0.6) is 0 Å². The van der Waals surface area contributed by atoms with Crippen molar-refractivity contribution in [3.63, 3.8) is 0 Å². The first-order valence-electron chi connectivity index (χ1n) is 7.18. The highest BCUT2D eigenvalue weighted by Crippen LogP contribution is 2.24. The highest BCUT2D eigenvalue weighted by atomic mass is 16.3. The van der Waals surface area contributed by atoms with Gasteiger partial charge in [0.1, 0.15) is 0 Å². The van der Waals surface area contributed by atoms with Gasteiger partial charge in [-0.25, -0.2) is 0 Å². The third kappa shape index (κ3) is 3.79. The lowest BCUT2D eigenvalue weighted by Gasteiger charge is -2.34. The average Bonchev–Trinajstić information content (AvgIpc) is 2.48. The molecule has 0 aliphatic heterocycles. The van der Waals surface area contributed by atoms with Crippen molar-refractivity contribution in [2.75, 3.05) is 13.2 Å². The molecule has 1 aromatic rings. The smallest absolute Gasteiger partial charge is 0.0995 e. The Kier molecular flexibility index (Phi) is 5.38. The van der Waals surface area contributed by atoms with E-state index in [0.717, 1.165) is 17.7 Å². The Balaban J connectivity index is 2.09. The Labute approximate surface area is 115 Å². The first-order chi connectivity index (χ1) is 9.35. The van der Waals surface area contributed by atoms with Crippen molar-refractivity contribution in [2.24, 2.45) is 0 Å². The van der Waals surface area contributed by atoms with Crippen LogP contribution in [0, 0.1) is 11.3 Å². The Morgan fingerprint density at radius 3 is 2.63 bits per heavy atom. The van der Waals surface area contributed by atoms with Gasteiger partial charge in [-0.2, -0.15) is 5.26 Å².